The second kappa shape index (κ2) is 7.83. The lowest BCUT2D eigenvalue weighted by molar-refractivity contribution is -0.117. The number of rotatable bonds is 5. The summed E-state index contributed by atoms with van der Waals surface area (Å²) in [6.07, 6.45) is 5.27. The summed E-state index contributed by atoms with van der Waals surface area (Å²) < 4.78 is 25.4. The van der Waals surface area contributed by atoms with Crippen molar-refractivity contribution < 1.29 is 18.0 Å². The molecule has 4 rings (SSSR count). The molecule has 2 aliphatic heterocycles. The number of ketones is 1. The Bertz CT molecular complexity index is 1130. The van der Waals surface area contributed by atoms with Crippen molar-refractivity contribution in [3.8, 4) is 0 Å². The van der Waals surface area contributed by atoms with Gasteiger partial charge in [-0.1, -0.05) is 0 Å². The zero-order valence-corrected chi connectivity index (χ0v) is 18.0. The molecule has 7 nitrogen and oxygen atoms in total. The molecule has 0 aliphatic carbocycles. The first-order valence-electron chi connectivity index (χ1n) is 10.1. The largest absolute Gasteiger partial charge is 0.312 e. The van der Waals surface area contributed by atoms with Crippen LogP contribution < -0.4 is 4.90 Å². The van der Waals surface area contributed by atoms with Gasteiger partial charge in [0.05, 0.1) is 23.2 Å². The van der Waals surface area contributed by atoms with Crippen LogP contribution in [0.25, 0.3) is 6.08 Å². The predicted octanol–water partition coefficient (Wildman–Crippen LogP) is 2.88. The van der Waals surface area contributed by atoms with Gasteiger partial charge in [-0.25, -0.2) is 8.42 Å². The average Bonchev–Trinajstić information content (AvgIpc) is 3.37. The predicted molar refractivity (Wildman–Crippen MR) is 115 cm³/mol. The van der Waals surface area contributed by atoms with Crippen LogP contribution in [-0.2, 0) is 14.6 Å². The number of amides is 1. The molecule has 2 saturated heterocycles. The van der Waals surface area contributed by atoms with Gasteiger partial charge in [0.25, 0.3) is 0 Å². The van der Waals surface area contributed by atoms with Gasteiger partial charge < -0.3 is 4.90 Å². The molecule has 0 radical (unpaired) electrons. The summed E-state index contributed by atoms with van der Waals surface area (Å²) >= 11 is 0. The van der Waals surface area contributed by atoms with E-state index in [-0.39, 0.29) is 29.2 Å². The first kappa shape index (κ1) is 20.5. The van der Waals surface area contributed by atoms with E-state index >= 15 is 0 Å². The molecule has 1 amide bonds. The highest BCUT2D eigenvalue weighted by molar-refractivity contribution is 7.91. The van der Waals surface area contributed by atoms with Gasteiger partial charge in [0, 0.05) is 35.5 Å². The summed E-state index contributed by atoms with van der Waals surface area (Å²) in [5.41, 5.74) is 3.83. The first-order valence-corrected chi connectivity index (χ1v) is 12.0. The van der Waals surface area contributed by atoms with Gasteiger partial charge in [-0.3, -0.25) is 14.3 Å². The van der Waals surface area contributed by atoms with Crippen LogP contribution in [0.5, 0.6) is 0 Å². The van der Waals surface area contributed by atoms with Crippen molar-refractivity contribution in [2.45, 2.75) is 39.2 Å². The molecular formula is C22H25N3O4S. The SMILES string of the molecule is Cc1nn([C@H]2CCS(=O)(=O)C2)c(C)c1/C=C/C(=O)c1ccc(N2CCCC2=O)cc1. The van der Waals surface area contributed by atoms with Crippen LogP contribution in [-0.4, -0.2) is 47.9 Å². The molecule has 2 aromatic rings. The molecule has 2 fully saturated rings. The van der Waals surface area contributed by atoms with E-state index in [9.17, 15) is 18.0 Å². The molecule has 3 heterocycles. The molecule has 0 spiro atoms. The highest BCUT2D eigenvalue weighted by Crippen LogP contribution is 2.27. The van der Waals surface area contributed by atoms with Gasteiger partial charge in [0.1, 0.15) is 0 Å². The number of anilines is 1. The normalized spacial score (nSPS) is 21.1. The molecule has 0 bridgehead atoms. The Morgan fingerprint density at radius 3 is 2.53 bits per heavy atom. The lowest BCUT2D eigenvalue weighted by atomic mass is 10.1. The Balaban J connectivity index is 1.50. The zero-order valence-electron chi connectivity index (χ0n) is 17.2. The van der Waals surface area contributed by atoms with Gasteiger partial charge in [0.15, 0.2) is 15.6 Å². The maximum Gasteiger partial charge on any atom is 0.227 e. The number of benzene rings is 1. The van der Waals surface area contributed by atoms with Gasteiger partial charge in [0.2, 0.25) is 5.91 Å². The minimum atomic E-state index is -3.00. The standard InChI is InChI=1S/C22H25N3O4S/c1-15-20(16(2)25(23-15)19-11-13-30(28,29)14-19)9-10-21(26)17-5-7-18(8-6-17)24-12-3-4-22(24)27/h5-10,19H,3-4,11-14H2,1-2H3/b10-9+/t19-/m0/s1. The van der Waals surface area contributed by atoms with Crippen LogP contribution in [0.4, 0.5) is 5.69 Å². The fourth-order valence-electron chi connectivity index (χ4n) is 4.22. The van der Waals surface area contributed by atoms with Crippen LogP contribution in [0.3, 0.4) is 0 Å². The van der Waals surface area contributed by atoms with Gasteiger partial charge >= 0.3 is 0 Å². The topological polar surface area (TPSA) is 89.3 Å². The zero-order chi connectivity index (χ0) is 21.5. The molecule has 30 heavy (non-hydrogen) atoms. The maximum absolute atomic E-state index is 12.6. The molecule has 1 aromatic carbocycles. The summed E-state index contributed by atoms with van der Waals surface area (Å²) in [5.74, 6) is 0.290. The summed E-state index contributed by atoms with van der Waals surface area (Å²) in [6, 6.07) is 6.94. The molecule has 0 saturated carbocycles. The number of aromatic nitrogens is 2. The number of nitrogens with zero attached hydrogens (tertiary/aromatic N) is 3. The van der Waals surface area contributed by atoms with Crippen molar-refractivity contribution in [3.63, 3.8) is 0 Å². The van der Waals surface area contributed by atoms with Crippen LogP contribution in [0.1, 0.15) is 52.6 Å². The number of allylic oxidation sites excluding steroid dienone is 1. The highest BCUT2D eigenvalue weighted by atomic mass is 32.2. The quantitative estimate of drug-likeness (QED) is 0.541. The minimum absolute atomic E-state index is 0.114. The lowest BCUT2D eigenvalue weighted by Gasteiger charge is -2.15. The fourth-order valence-corrected chi connectivity index (χ4v) is 5.91. The number of carbonyl (C=O) groups is 2. The van der Waals surface area contributed by atoms with Crippen molar-refractivity contribution in [3.05, 3.63) is 52.9 Å². The molecule has 0 unspecified atom stereocenters. The molecular weight excluding hydrogens is 402 g/mol. The Labute approximate surface area is 176 Å². The Hall–Kier alpha value is -2.74. The number of hydrogen-bond acceptors (Lipinski definition) is 5. The molecule has 0 N–H and O–H groups in total. The van der Waals surface area contributed by atoms with E-state index in [1.165, 1.54) is 6.08 Å². The van der Waals surface area contributed by atoms with E-state index in [0.717, 1.165) is 35.6 Å². The Morgan fingerprint density at radius 2 is 1.93 bits per heavy atom. The summed E-state index contributed by atoms with van der Waals surface area (Å²) in [4.78, 5) is 26.2. The van der Waals surface area contributed by atoms with Crippen molar-refractivity contribution >= 4 is 33.3 Å². The van der Waals surface area contributed by atoms with Crippen LogP contribution >= 0.6 is 0 Å². The van der Waals surface area contributed by atoms with Crippen LogP contribution in [0, 0.1) is 13.8 Å². The third-order valence-corrected chi connectivity index (χ3v) is 7.62. The van der Waals surface area contributed by atoms with Crippen LogP contribution in [0.15, 0.2) is 30.3 Å². The molecule has 1 atom stereocenters. The van der Waals surface area contributed by atoms with Crippen molar-refractivity contribution in [1.82, 2.24) is 9.78 Å². The third kappa shape index (κ3) is 3.96. The number of aryl methyl sites for hydroxylation is 1. The second-order valence-corrected chi connectivity index (χ2v) is 10.2. The second-order valence-electron chi connectivity index (χ2n) is 7.98. The average molecular weight is 428 g/mol. The minimum Gasteiger partial charge on any atom is -0.312 e. The maximum atomic E-state index is 12.6. The van der Waals surface area contributed by atoms with E-state index < -0.39 is 9.84 Å². The number of carbonyl (C=O) groups excluding carboxylic acids is 2. The van der Waals surface area contributed by atoms with Gasteiger partial charge in [-0.15, -0.1) is 0 Å². The van der Waals surface area contributed by atoms with E-state index in [0.29, 0.717) is 18.4 Å². The fraction of sp³-hybridized carbons (Fsp3) is 0.409. The van der Waals surface area contributed by atoms with Crippen molar-refractivity contribution in [2.24, 2.45) is 0 Å². The molecule has 158 valence electrons. The number of hydrogen-bond donors (Lipinski definition) is 0. The molecule has 8 heteroatoms. The summed E-state index contributed by atoms with van der Waals surface area (Å²) in [6.45, 7) is 4.48. The summed E-state index contributed by atoms with van der Waals surface area (Å²) in [5, 5.41) is 4.52. The summed E-state index contributed by atoms with van der Waals surface area (Å²) in [7, 11) is -3.00. The Kier molecular flexibility index (Phi) is 5.36. The molecule has 1 aromatic heterocycles. The van der Waals surface area contributed by atoms with Gasteiger partial charge in [-0.2, -0.15) is 5.10 Å². The van der Waals surface area contributed by atoms with E-state index in [1.807, 2.05) is 13.8 Å². The third-order valence-electron chi connectivity index (χ3n) is 5.87. The monoisotopic (exact) mass is 427 g/mol. The van der Waals surface area contributed by atoms with E-state index in [4.69, 9.17) is 0 Å². The van der Waals surface area contributed by atoms with E-state index in [1.54, 1.807) is 39.9 Å². The van der Waals surface area contributed by atoms with Crippen molar-refractivity contribution in [2.75, 3.05) is 23.0 Å². The molecule has 2 aliphatic rings. The van der Waals surface area contributed by atoms with Crippen molar-refractivity contribution in [1.29, 1.82) is 0 Å². The smallest absolute Gasteiger partial charge is 0.227 e. The van der Waals surface area contributed by atoms with Gasteiger partial charge in [-0.05, 0) is 63.1 Å². The Morgan fingerprint density at radius 1 is 1.20 bits per heavy atom. The number of sulfone groups is 1. The highest BCUT2D eigenvalue weighted by Gasteiger charge is 2.31. The first-order chi connectivity index (χ1) is 14.2. The lowest BCUT2D eigenvalue weighted by Crippen LogP contribution is -2.23. The van der Waals surface area contributed by atoms with Crippen LogP contribution in [0.2, 0.25) is 0 Å². The van der Waals surface area contributed by atoms with E-state index in [2.05, 4.69) is 5.10 Å².